The second-order valence-corrected chi connectivity index (χ2v) is 9.20. The molecule has 0 aliphatic heterocycles. The van der Waals surface area contributed by atoms with E-state index < -0.39 is 15.9 Å². The van der Waals surface area contributed by atoms with Crippen molar-refractivity contribution in [2.45, 2.75) is 18.4 Å². The van der Waals surface area contributed by atoms with Crippen LogP contribution in [0.15, 0.2) is 53.8 Å². The number of anilines is 2. The van der Waals surface area contributed by atoms with Crippen molar-refractivity contribution in [1.82, 2.24) is 25.1 Å². The first kappa shape index (κ1) is 23.5. The first-order valence-electron chi connectivity index (χ1n) is 10.3. The Balaban J connectivity index is 1.49. The lowest BCUT2D eigenvalue weighted by atomic mass is 10.1. The Morgan fingerprint density at radius 2 is 1.91 bits per heavy atom. The molecule has 0 radical (unpaired) electrons. The fourth-order valence-electron chi connectivity index (χ4n) is 3.41. The maximum Gasteiger partial charge on any atom is 0.261 e. The Bertz CT molecular complexity index is 1580. The summed E-state index contributed by atoms with van der Waals surface area (Å²) in [6.07, 6.45) is 2.83. The van der Waals surface area contributed by atoms with Gasteiger partial charge < -0.3 is 10.3 Å². The number of H-pyrrole nitrogens is 1. The highest BCUT2D eigenvalue weighted by atomic mass is 32.2. The van der Waals surface area contributed by atoms with E-state index in [1.165, 1.54) is 48.5 Å². The third-order valence-corrected chi connectivity index (χ3v) is 6.56. The number of rotatable bonds is 7. The standard InChI is InChI=1S/C22H20N8O4S/c1-13-3-8-17(20-19(13)15(9-23)10-25-20)29-35(33,34)16-6-4-14(5-7-16)21(32)27-22-26-12-30(28-22)11-18(31)24-2/h3-8,10,12,25,29H,11H2,1-2H3,(H,24,31)(H,27,28,32). The monoisotopic (exact) mass is 492 g/mol. The van der Waals surface area contributed by atoms with Crippen molar-refractivity contribution in [2.75, 3.05) is 17.1 Å². The van der Waals surface area contributed by atoms with Crippen LogP contribution in [0, 0.1) is 18.3 Å². The lowest BCUT2D eigenvalue weighted by molar-refractivity contribution is -0.121. The molecule has 2 aromatic heterocycles. The van der Waals surface area contributed by atoms with Crippen LogP contribution in [0.4, 0.5) is 11.6 Å². The third-order valence-electron chi connectivity index (χ3n) is 5.18. The summed E-state index contributed by atoms with van der Waals surface area (Å²) in [5, 5.41) is 18.9. The van der Waals surface area contributed by atoms with Gasteiger partial charge in [-0.2, -0.15) is 5.26 Å². The topological polar surface area (TPSA) is 175 Å². The van der Waals surface area contributed by atoms with Gasteiger partial charge in [0.1, 0.15) is 18.9 Å². The van der Waals surface area contributed by atoms with Crippen molar-refractivity contribution in [1.29, 1.82) is 5.26 Å². The van der Waals surface area contributed by atoms with Crippen LogP contribution in [0.3, 0.4) is 0 Å². The Morgan fingerprint density at radius 3 is 2.60 bits per heavy atom. The summed E-state index contributed by atoms with van der Waals surface area (Å²) in [4.78, 5) is 30.7. The van der Waals surface area contributed by atoms with Crippen LogP contribution < -0.4 is 15.4 Å². The first-order valence-corrected chi connectivity index (χ1v) is 11.7. The molecule has 4 N–H and O–H groups in total. The summed E-state index contributed by atoms with van der Waals surface area (Å²) >= 11 is 0. The highest BCUT2D eigenvalue weighted by molar-refractivity contribution is 7.92. The Kier molecular flexibility index (Phi) is 6.22. The fourth-order valence-corrected chi connectivity index (χ4v) is 4.48. The minimum Gasteiger partial charge on any atom is -0.358 e. The lowest BCUT2D eigenvalue weighted by Crippen LogP contribution is -2.23. The van der Waals surface area contributed by atoms with Crippen molar-refractivity contribution < 1.29 is 18.0 Å². The normalized spacial score (nSPS) is 11.1. The molecule has 0 atom stereocenters. The number of nitriles is 1. The summed E-state index contributed by atoms with van der Waals surface area (Å²) in [5.41, 5.74) is 2.25. The van der Waals surface area contributed by atoms with E-state index in [9.17, 15) is 23.3 Å². The average Bonchev–Trinajstić information content (AvgIpc) is 3.48. The Labute approximate surface area is 200 Å². The maximum atomic E-state index is 12.9. The highest BCUT2D eigenvalue weighted by Gasteiger charge is 2.19. The number of benzene rings is 2. The van der Waals surface area contributed by atoms with Crippen molar-refractivity contribution in [2.24, 2.45) is 0 Å². The summed E-state index contributed by atoms with van der Waals surface area (Å²) in [6, 6.07) is 10.8. The van der Waals surface area contributed by atoms with Crippen LogP contribution in [0.1, 0.15) is 21.5 Å². The second-order valence-electron chi connectivity index (χ2n) is 7.52. The van der Waals surface area contributed by atoms with Crippen molar-refractivity contribution in [3.8, 4) is 6.07 Å². The zero-order valence-electron chi connectivity index (χ0n) is 18.7. The minimum absolute atomic E-state index is 0.00309. The summed E-state index contributed by atoms with van der Waals surface area (Å²) in [5.74, 6) is -0.815. The molecule has 0 saturated heterocycles. The number of hydrogen-bond donors (Lipinski definition) is 4. The van der Waals surface area contributed by atoms with E-state index >= 15 is 0 Å². The molecule has 4 aromatic rings. The number of carbonyl (C=O) groups is 2. The van der Waals surface area contributed by atoms with Gasteiger partial charge in [-0.25, -0.2) is 18.1 Å². The molecule has 0 aliphatic carbocycles. The SMILES string of the molecule is CNC(=O)Cn1cnc(NC(=O)c2ccc(S(=O)(=O)Nc3ccc(C)c4c(C#N)c[nH]c34)cc2)n1. The molecular weight excluding hydrogens is 472 g/mol. The number of nitrogens with one attached hydrogen (secondary N) is 4. The van der Waals surface area contributed by atoms with Crippen LogP contribution in [0.5, 0.6) is 0 Å². The maximum absolute atomic E-state index is 12.9. The molecule has 2 heterocycles. The fraction of sp³-hybridized carbons (Fsp3) is 0.136. The van der Waals surface area contributed by atoms with Gasteiger partial charge in [0, 0.05) is 24.2 Å². The van der Waals surface area contributed by atoms with Gasteiger partial charge in [0.2, 0.25) is 11.9 Å². The molecule has 2 aromatic carbocycles. The summed E-state index contributed by atoms with van der Waals surface area (Å²) in [6.45, 7) is 1.79. The molecule has 0 unspecified atom stereocenters. The number of fused-ring (bicyclic) bond motifs is 1. The molecule has 178 valence electrons. The third kappa shape index (κ3) is 4.82. The summed E-state index contributed by atoms with van der Waals surface area (Å²) in [7, 11) is -2.48. The van der Waals surface area contributed by atoms with Gasteiger partial charge in [0.15, 0.2) is 0 Å². The number of aryl methyl sites for hydroxylation is 1. The van der Waals surface area contributed by atoms with Crippen molar-refractivity contribution in [3.05, 3.63) is 65.6 Å². The van der Waals surface area contributed by atoms with Crippen LogP contribution in [-0.4, -0.2) is 47.0 Å². The molecule has 0 saturated carbocycles. The summed E-state index contributed by atoms with van der Waals surface area (Å²) < 4.78 is 29.7. The number of hydrogen-bond acceptors (Lipinski definition) is 7. The zero-order chi connectivity index (χ0) is 25.2. The lowest BCUT2D eigenvalue weighted by Gasteiger charge is -2.11. The molecule has 0 bridgehead atoms. The number of aromatic amines is 1. The Morgan fingerprint density at radius 1 is 1.17 bits per heavy atom. The van der Waals surface area contributed by atoms with E-state index in [4.69, 9.17) is 0 Å². The molecule has 4 rings (SSSR count). The first-order chi connectivity index (χ1) is 16.7. The minimum atomic E-state index is -3.98. The molecule has 0 aliphatic rings. The molecule has 12 nitrogen and oxygen atoms in total. The highest BCUT2D eigenvalue weighted by Crippen LogP contribution is 2.30. The predicted molar refractivity (Wildman–Crippen MR) is 127 cm³/mol. The predicted octanol–water partition coefficient (Wildman–Crippen LogP) is 1.74. The van der Waals surface area contributed by atoms with Gasteiger partial charge >= 0.3 is 0 Å². The van der Waals surface area contributed by atoms with E-state index in [1.54, 1.807) is 12.1 Å². The van der Waals surface area contributed by atoms with Gasteiger partial charge in [-0.05, 0) is 42.8 Å². The number of nitrogens with zero attached hydrogens (tertiary/aromatic N) is 4. The van der Waals surface area contributed by atoms with E-state index in [0.717, 1.165) is 5.56 Å². The molecule has 0 spiro atoms. The van der Waals surface area contributed by atoms with E-state index in [0.29, 0.717) is 22.2 Å². The van der Waals surface area contributed by atoms with Crippen molar-refractivity contribution in [3.63, 3.8) is 0 Å². The van der Waals surface area contributed by atoms with Crippen LogP contribution >= 0.6 is 0 Å². The van der Waals surface area contributed by atoms with Gasteiger partial charge in [0.05, 0.1) is 21.7 Å². The molecule has 35 heavy (non-hydrogen) atoms. The van der Waals surface area contributed by atoms with E-state index in [1.807, 2.05) is 6.92 Å². The molecular formula is C22H20N8O4S. The van der Waals surface area contributed by atoms with E-state index in [2.05, 4.69) is 36.5 Å². The number of aromatic nitrogens is 4. The quantitative estimate of drug-likeness (QED) is 0.304. The van der Waals surface area contributed by atoms with Crippen molar-refractivity contribution >= 4 is 44.4 Å². The van der Waals surface area contributed by atoms with Crippen LogP contribution in [0.25, 0.3) is 10.9 Å². The number of carbonyl (C=O) groups excluding carboxylic acids is 2. The largest absolute Gasteiger partial charge is 0.358 e. The number of sulfonamides is 1. The van der Waals surface area contributed by atoms with E-state index in [-0.39, 0.29) is 28.9 Å². The van der Waals surface area contributed by atoms with Gasteiger partial charge in [0.25, 0.3) is 15.9 Å². The average molecular weight is 493 g/mol. The number of amides is 2. The molecule has 13 heteroatoms. The van der Waals surface area contributed by atoms with Crippen LogP contribution in [-0.2, 0) is 21.4 Å². The van der Waals surface area contributed by atoms with Gasteiger partial charge in [-0.1, -0.05) is 6.07 Å². The second kappa shape index (κ2) is 9.27. The van der Waals surface area contributed by atoms with Crippen LogP contribution in [0.2, 0.25) is 0 Å². The number of likely N-dealkylation sites (N-methyl/N-ethyl adjacent to an activating group) is 1. The van der Waals surface area contributed by atoms with Gasteiger partial charge in [-0.3, -0.25) is 19.6 Å². The smallest absolute Gasteiger partial charge is 0.261 e. The zero-order valence-corrected chi connectivity index (χ0v) is 19.5. The van der Waals surface area contributed by atoms with Gasteiger partial charge in [-0.15, -0.1) is 5.10 Å². The molecule has 0 fully saturated rings. The Hall–Kier alpha value is -4.70. The molecule has 2 amide bonds.